The zero-order chi connectivity index (χ0) is 13.7. The van der Waals surface area contributed by atoms with Crippen molar-refractivity contribution in [2.24, 2.45) is 0 Å². The first-order chi connectivity index (χ1) is 9.20. The highest BCUT2D eigenvalue weighted by molar-refractivity contribution is 9.10. The van der Waals surface area contributed by atoms with E-state index in [9.17, 15) is 0 Å². The zero-order valence-electron chi connectivity index (χ0n) is 10.7. The van der Waals surface area contributed by atoms with Gasteiger partial charge in [-0.25, -0.2) is 4.98 Å². The number of aromatic nitrogens is 3. The number of rotatable bonds is 6. The van der Waals surface area contributed by atoms with E-state index in [1.54, 1.807) is 0 Å². The SMILES string of the molecule is CCCNC(Cc1ccc(Br)cc1Cl)c1ncn[nH]1. The lowest BCUT2D eigenvalue weighted by atomic mass is 10.1. The lowest BCUT2D eigenvalue weighted by Crippen LogP contribution is -2.25. The Morgan fingerprint density at radius 2 is 2.32 bits per heavy atom. The molecular weight excluding hydrogens is 328 g/mol. The molecule has 19 heavy (non-hydrogen) atoms. The molecule has 0 aliphatic carbocycles. The summed E-state index contributed by atoms with van der Waals surface area (Å²) in [7, 11) is 0. The molecule has 0 fully saturated rings. The molecule has 0 saturated carbocycles. The van der Waals surface area contributed by atoms with E-state index in [1.165, 1.54) is 6.33 Å². The molecule has 0 bridgehead atoms. The first kappa shape index (κ1) is 14.5. The van der Waals surface area contributed by atoms with Gasteiger partial charge in [0.05, 0.1) is 6.04 Å². The molecule has 6 heteroatoms. The number of hydrogen-bond donors (Lipinski definition) is 2. The molecule has 1 heterocycles. The second-order valence-electron chi connectivity index (χ2n) is 4.32. The summed E-state index contributed by atoms with van der Waals surface area (Å²) in [5, 5.41) is 11.1. The maximum atomic E-state index is 6.27. The van der Waals surface area contributed by atoms with Crippen molar-refractivity contribution in [2.75, 3.05) is 6.54 Å². The molecule has 0 saturated heterocycles. The number of benzene rings is 1. The number of aromatic amines is 1. The van der Waals surface area contributed by atoms with Crippen molar-refractivity contribution in [1.82, 2.24) is 20.5 Å². The lowest BCUT2D eigenvalue weighted by molar-refractivity contribution is 0.506. The zero-order valence-corrected chi connectivity index (χ0v) is 13.0. The second kappa shape index (κ2) is 7.03. The Morgan fingerprint density at radius 3 is 2.95 bits per heavy atom. The number of H-pyrrole nitrogens is 1. The quantitative estimate of drug-likeness (QED) is 0.844. The average molecular weight is 344 g/mol. The standard InChI is InChI=1S/C13H16BrClN4/c1-2-5-16-12(13-17-8-18-19-13)6-9-3-4-10(14)7-11(9)15/h3-4,7-8,12,16H,2,5-6H2,1H3,(H,17,18,19). The fourth-order valence-electron chi connectivity index (χ4n) is 1.87. The monoisotopic (exact) mass is 342 g/mol. The molecular formula is C13H16BrClN4. The van der Waals surface area contributed by atoms with Crippen LogP contribution in [-0.2, 0) is 6.42 Å². The summed E-state index contributed by atoms with van der Waals surface area (Å²) in [6.45, 7) is 3.07. The van der Waals surface area contributed by atoms with Crippen molar-refractivity contribution in [3.8, 4) is 0 Å². The number of nitrogens with zero attached hydrogens (tertiary/aromatic N) is 2. The van der Waals surface area contributed by atoms with Crippen LogP contribution in [0.15, 0.2) is 29.0 Å². The van der Waals surface area contributed by atoms with Gasteiger partial charge in [0.25, 0.3) is 0 Å². The minimum absolute atomic E-state index is 0.0983. The summed E-state index contributed by atoms with van der Waals surface area (Å²) < 4.78 is 0.985. The molecule has 102 valence electrons. The van der Waals surface area contributed by atoms with E-state index in [4.69, 9.17) is 11.6 Å². The Balaban J connectivity index is 2.15. The smallest absolute Gasteiger partial charge is 0.141 e. The summed E-state index contributed by atoms with van der Waals surface area (Å²) >= 11 is 9.68. The van der Waals surface area contributed by atoms with Gasteiger partial charge < -0.3 is 5.32 Å². The van der Waals surface area contributed by atoms with Crippen molar-refractivity contribution in [1.29, 1.82) is 0 Å². The molecule has 1 unspecified atom stereocenters. The normalized spacial score (nSPS) is 12.6. The summed E-state index contributed by atoms with van der Waals surface area (Å²) in [6, 6.07) is 6.04. The molecule has 0 amide bonds. The van der Waals surface area contributed by atoms with Crippen LogP contribution in [0.3, 0.4) is 0 Å². The maximum Gasteiger partial charge on any atom is 0.141 e. The summed E-state index contributed by atoms with van der Waals surface area (Å²) in [5.74, 6) is 0.840. The van der Waals surface area contributed by atoms with Gasteiger partial charge in [0.15, 0.2) is 0 Å². The molecule has 2 rings (SSSR count). The van der Waals surface area contributed by atoms with Gasteiger partial charge in [-0.15, -0.1) is 0 Å². The van der Waals surface area contributed by atoms with Crippen LogP contribution >= 0.6 is 27.5 Å². The third-order valence-corrected chi connectivity index (χ3v) is 3.69. The van der Waals surface area contributed by atoms with E-state index < -0.39 is 0 Å². The third kappa shape index (κ3) is 4.03. The van der Waals surface area contributed by atoms with E-state index in [1.807, 2.05) is 18.2 Å². The van der Waals surface area contributed by atoms with E-state index >= 15 is 0 Å². The molecule has 4 nitrogen and oxygen atoms in total. The highest BCUT2D eigenvalue weighted by Crippen LogP contribution is 2.25. The fraction of sp³-hybridized carbons (Fsp3) is 0.385. The second-order valence-corrected chi connectivity index (χ2v) is 5.64. The molecule has 1 atom stereocenters. The largest absolute Gasteiger partial charge is 0.307 e. The van der Waals surface area contributed by atoms with Crippen molar-refractivity contribution in [2.45, 2.75) is 25.8 Å². The van der Waals surface area contributed by atoms with Crippen molar-refractivity contribution >= 4 is 27.5 Å². The summed E-state index contributed by atoms with van der Waals surface area (Å²) in [5.41, 5.74) is 1.09. The van der Waals surface area contributed by atoms with E-state index in [-0.39, 0.29) is 6.04 Å². The number of halogens is 2. The molecule has 2 aromatic rings. The Labute approximate surface area is 126 Å². The predicted molar refractivity (Wildman–Crippen MR) is 80.3 cm³/mol. The van der Waals surface area contributed by atoms with Crippen LogP contribution in [0.4, 0.5) is 0 Å². The van der Waals surface area contributed by atoms with Gasteiger partial charge in [-0.2, -0.15) is 5.10 Å². The molecule has 1 aromatic carbocycles. The van der Waals surface area contributed by atoms with Gasteiger partial charge in [-0.3, -0.25) is 5.10 Å². The molecule has 0 radical (unpaired) electrons. The van der Waals surface area contributed by atoms with E-state index in [0.29, 0.717) is 0 Å². The van der Waals surface area contributed by atoms with Gasteiger partial charge in [0.2, 0.25) is 0 Å². The van der Waals surface area contributed by atoms with Crippen LogP contribution in [0, 0.1) is 0 Å². The van der Waals surface area contributed by atoms with E-state index in [2.05, 4.69) is 43.4 Å². The third-order valence-electron chi connectivity index (χ3n) is 2.84. The van der Waals surface area contributed by atoms with Crippen LogP contribution in [0.2, 0.25) is 5.02 Å². The van der Waals surface area contributed by atoms with Gasteiger partial charge in [0.1, 0.15) is 12.2 Å². The van der Waals surface area contributed by atoms with E-state index in [0.717, 1.165) is 40.3 Å². The topological polar surface area (TPSA) is 53.6 Å². The Kier molecular flexibility index (Phi) is 5.36. The Bertz CT molecular complexity index is 515. The maximum absolute atomic E-state index is 6.27. The minimum atomic E-state index is 0.0983. The van der Waals surface area contributed by atoms with Crippen LogP contribution < -0.4 is 5.32 Å². The average Bonchev–Trinajstić information content (AvgIpc) is 2.90. The number of nitrogens with one attached hydrogen (secondary N) is 2. The van der Waals surface area contributed by atoms with Gasteiger partial charge in [0, 0.05) is 9.50 Å². The van der Waals surface area contributed by atoms with Gasteiger partial charge in [-0.05, 0) is 37.1 Å². The van der Waals surface area contributed by atoms with Crippen LogP contribution in [-0.4, -0.2) is 21.7 Å². The van der Waals surface area contributed by atoms with Crippen molar-refractivity contribution < 1.29 is 0 Å². The Morgan fingerprint density at radius 1 is 1.47 bits per heavy atom. The van der Waals surface area contributed by atoms with Crippen LogP contribution in [0.1, 0.15) is 30.8 Å². The van der Waals surface area contributed by atoms with Gasteiger partial charge in [-0.1, -0.05) is 40.5 Å². The Hall–Kier alpha value is -0.910. The highest BCUT2D eigenvalue weighted by Gasteiger charge is 2.16. The minimum Gasteiger partial charge on any atom is -0.307 e. The predicted octanol–water partition coefficient (Wildman–Crippen LogP) is 3.50. The molecule has 0 aliphatic rings. The van der Waals surface area contributed by atoms with Crippen molar-refractivity contribution in [3.05, 3.63) is 45.4 Å². The number of hydrogen-bond acceptors (Lipinski definition) is 3. The first-order valence-corrected chi connectivity index (χ1v) is 7.40. The summed E-state index contributed by atoms with van der Waals surface area (Å²) in [6.07, 6.45) is 3.37. The molecule has 1 aromatic heterocycles. The van der Waals surface area contributed by atoms with Crippen molar-refractivity contribution in [3.63, 3.8) is 0 Å². The highest BCUT2D eigenvalue weighted by atomic mass is 79.9. The van der Waals surface area contributed by atoms with Crippen LogP contribution in [0.25, 0.3) is 0 Å². The van der Waals surface area contributed by atoms with Gasteiger partial charge >= 0.3 is 0 Å². The fourth-order valence-corrected chi connectivity index (χ4v) is 2.62. The first-order valence-electron chi connectivity index (χ1n) is 6.23. The van der Waals surface area contributed by atoms with Crippen LogP contribution in [0.5, 0.6) is 0 Å². The molecule has 0 spiro atoms. The molecule has 2 N–H and O–H groups in total. The lowest BCUT2D eigenvalue weighted by Gasteiger charge is -2.16. The molecule has 0 aliphatic heterocycles. The summed E-state index contributed by atoms with van der Waals surface area (Å²) in [4.78, 5) is 4.23.